The summed E-state index contributed by atoms with van der Waals surface area (Å²) in [5, 5.41) is 1.00. The summed E-state index contributed by atoms with van der Waals surface area (Å²) < 4.78 is 1.76. The summed E-state index contributed by atoms with van der Waals surface area (Å²) in [6.07, 6.45) is 0. The number of anilines is 1. The molecule has 5 heteroatoms. The van der Waals surface area contributed by atoms with E-state index in [1.165, 1.54) is 0 Å². The third-order valence-corrected chi connectivity index (χ3v) is 2.68. The highest BCUT2D eigenvalue weighted by Crippen LogP contribution is 2.28. The van der Waals surface area contributed by atoms with E-state index in [0.717, 1.165) is 11.0 Å². The SMILES string of the molecule is Cn1c(N)nc2cc(Cl)c(Cl)cc21. The molecule has 2 aromatic rings. The van der Waals surface area contributed by atoms with Gasteiger partial charge in [0.2, 0.25) is 5.95 Å². The second-order valence-corrected chi connectivity index (χ2v) is 3.60. The maximum atomic E-state index is 5.86. The van der Waals surface area contributed by atoms with Gasteiger partial charge in [-0.3, -0.25) is 0 Å². The van der Waals surface area contributed by atoms with Crippen LogP contribution in [-0.2, 0) is 7.05 Å². The lowest BCUT2D eigenvalue weighted by Gasteiger charge is -1.97. The van der Waals surface area contributed by atoms with E-state index in [0.29, 0.717) is 16.0 Å². The number of fused-ring (bicyclic) bond motifs is 1. The smallest absolute Gasteiger partial charge is 0.200 e. The van der Waals surface area contributed by atoms with Crippen molar-refractivity contribution in [2.75, 3.05) is 5.73 Å². The van der Waals surface area contributed by atoms with Crippen molar-refractivity contribution in [2.45, 2.75) is 0 Å². The molecule has 1 heterocycles. The lowest BCUT2D eigenvalue weighted by atomic mass is 10.3. The molecule has 1 aromatic heterocycles. The molecule has 0 spiro atoms. The Morgan fingerprint density at radius 2 is 1.92 bits per heavy atom. The Balaban J connectivity index is 2.89. The van der Waals surface area contributed by atoms with Gasteiger partial charge in [-0.2, -0.15) is 0 Å². The molecule has 0 aliphatic rings. The first-order valence-corrected chi connectivity index (χ1v) is 4.42. The van der Waals surface area contributed by atoms with Gasteiger partial charge >= 0.3 is 0 Å². The molecule has 2 N–H and O–H groups in total. The topological polar surface area (TPSA) is 43.8 Å². The Morgan fingerprint density at radius 3 is 2.62 bits per heavy atom. The highest BCUT2D eigenvalue weighted by molar-refractivity contribution is 6.42. The van der Waals surface area contributed by atoms with E-state index in [1.54, 1.807) is 16.7 Å². The molecule has 0 saturated heterocycles. The lowest BCUT2D eigenvalue weighted by Crippen LogP contribution is -1.95. The zero-order valence-electron chi connectivity index (χ0n) is 6.88. The maximum Gasteiger partial charge on any atom is 0.200 e. The fourth-order valence-electron chi connectivity index (χ4n) is 1.21. The minimum atomic E-state index is 0.452. The van der Waals surface area contributed by atoms with E-state index in [2.05, 4.69) is 4.98 Å². The van der Waals surface area contributed by atoms with Crippen LogP contribution in [0.3, 0.4) is 0 Å². The Labute approximate surface area is 85.1 Å². The molecule has 0 bridgehead atoms. The molecular formula is C8H7Cl2N3. The Kier molecular flexibility index (Phi) is 1.86. The number of aryl methyl sites for hydroxylation is 1. The van der Waals surface area contributed by atoms with E-state index >= 15 is 0 Å². The molecule has 0 radical (unpaired) electrons. The van der Waals surface area contributed by atoms with Gasteiger partial charge in [-0.15, -0.1) is 0 Å². The second kappa shape index (κ2) is 2.79. The van der Waals surface area contributed by atoms with Gasteiger partial charge in [-0.25, -0.2) is 4.98 Å². The lowest BCUT2D eigenvalue weighted by molar-refractivity contribution is 0.965. The monoisotopic (exact) mass is 215 g/mol. The molecule has 0 unspecified atom stereocenters. The minimum absolute atomic E-state index is 0.452. The minimum Gasteiger partial charge on any atom is -0.369 e. The number of nitrogens with zero attached hydrogens (tertiary/aromatic N) is 2. The Hall–Kier alpha value is -0.930. The molecule has 0 fully saturated rings. The van der Waals surface area contributed by atoms with Crippen molar-refractivity contribution >= 4 is 40.2 Å². The first-order chi connectivity index (χ1) is 6.09. The largest absolute Gasteiger partial charge is 0.369 e. The molecule has 1 aromatic carbocycles. The van der Waals surface area contributed by atoms with Crippen LogP contribution < -0.4 is 5.73 Å². The van der Waals surface area contributed by atoms with Crippen molar-refractivity contribution in [3.8, 4) is 0 Å². The van der Waals surface area contributed by atoms with Crippen molar-refractivity contribution in [1.82, 2.24) is 9.55 Å². The summed E-state index contributed by atoms with van der Waals surface area (Å²) in [7, 11) is 1.83. The van der Waals surface area contributed by atoms with Crippen molar-refractivity contribution in [3.63, 3.8) is 0 Å². The standard InChI is InChI=1S/C8H7Cl2N3/c1-13-7-3-5(10)4(9)2-6(7)12-8(13)11/h2-3H,1H3,(H2,11,12). The summed E-state index contributed by atoms with van der Waals surface area (Å²) in [5.41, 5.74) is 7.26. The van der Waals surface area contributed by atoms with Gasteiger partial charge in [0.25, 0.3) is 0 Å². The zero-order valence-corrected chi connectivity index (χ0v) is 8.39. The van der Waals surface area contributed by atoms with Gasteiger partial charge in [0.1, 0.15) is 0 Å². The summed E-state index contributed by atoms with van der Waals surface area (Å²) in [5.74, 6) is 0.452. The first kappa shape index (κ1) is 8.66. The van der Waals surface area contributed by atoms with Crippen molar-refractivity contribution < 1.29 is 0 Å². The maximum absolute atomic E-state index is 5.86. The summed E-state index contributed by atoms with van der Waals surface area (Å²) in [4.78, 5) is 4.11. The predicted molar refractivity (Wildman–Crippen MR) is 55.1 cm³/mol. The van der Waals surface area contributed by atoms with Crippen molar-refractivity contribution in [1.29, 1.82) is 0 Å². The van der Waals surface area contributed by atoms with Crippen LogP contribution in [-0.4, -0.2) is 9.55 Å². The highest BCUT2D eigenvalue weighted by Gasteiger charge is 2.07. The summed E-state index contributed by atoms with van der Waals surface area (Å²) in [6.45, 7) is 0. The first-order valence-electron chi connectivity index (χ1n) is 3.66. The number of hydrogen-bond donors (Lipinski definition) is 1. The van der Waals surface area contributed by atoms with Gasteiger partial charge in [0.05, 0.1) is 21.1 Å². The van der Waals surface area contributed by atoms with Crippen LogP contribution in [0, 0.1) is 0 Å². The van der Waals surface area contributed by atoms with Gasteiger partial charge in [-0.05, 0) is 12.1 Å². The molecule has 3 nitrogen and oxygen atoms in total. The number of imidazole rings is 1. The molecule has 68 valence electrons. The molecule has 0 saturated carbocycles. The Morgan fingerprint density at radius 1 is 1.31 bits per heavy atom. The van der Waals surface area contributed by atoms with Gasteiger partial charge < -0.3 is 10.3 Å². The third-order valence-electron chi connectivity index (χ3n) is 1.96. The Bertz CT molecular complexity index is 476. The van der Waals surface area contributed by atoms with Crippen LogP contribution >= 0.6 is 23.2 Å². The summed E-state index contributed by atoms with van der Waals surface area (Å²) >= 11 is 11.7. The van der Waals surface area contributed by atoms with E-state index in [-0.39, 0.29) is 0 Å². The number of nitrogens with two attached hydrogens (primary N) is 1. The number of hydrogen-bond acceptors (Lipinski definition) is 2. The highest BCUT2D eigenvalue weighted by atomic mass is 35.5. The molecule has 0 amide bonds. The molecule has 0 aliphatic heterocycles. The molecule has 2 rings (SSSR count). The summed E-state index contributed by atoms with van der Waals surface area (Å²) in [6, 6.07) is 3.46. The zero-order chi connectivity index (χ0) is 9.59. The third kappa shape index (κ3) is 1.24. The van der Waals surface area contributed by atoms with E-state index in [4.69, 9.17) is 28.9 Å². The van der Waals surface area contributed by atoms with Crippen LogP contribution in [0.1, 0.15) is 0 Å². The van der Waals surface area contributed by atoms with Crippen molar-refractivity contribution in [3.05, 3.63) is 22.2 Å². The van der Waals surface area contributed by atoms with Crippen LogP contribution in [0.4, 0.5) is 5.95 Å². The number of nitrogen functional groups attached to an aromatic ring is 1. The van der Waals surface area contributed by atoms with Crippen molar-refractivity contribution in [2.24, 2.45) is 7.05 Å². The van der Waals surface area contributed by atoms with Gasteiger partial charge in [0, 0.05) is 7.05 Å². The van der Waals surface area contributed by atoms with E-state index in [1.807, 2.05) is 7.05 Å². The molecule has 0 aliphatic carbocycles. The van der Waals surface area contributed by atoms with Crippen LogP contribution in [0.2, 0.25) is 10.0 Å². The number of rotatable bonds is 0. The average Bonchev–Trinajstić information content (AvgIpc) is 2.32. The quantitative estimate of drug-likeness (QED) is 0.734. The fourth-order valence-corrected chi connectivity index (χ4v) is 1.52. The molecular weight excluding hydrogens is 209 g/mol. The number of aromatic nitrogens is 2. The van der Waals surface area contributed by atoms with Crippen LogP contribution in [0.5, 0.6) is 0 Å². The predicted octanol–water partition coefficient (Wildman–Crippen LogP) is 2.46. The van der Waals surface area contributed by atoms with Crippen LogP contribution in [0.15, 0.2) is 12.1 Å². The second-order valence-electron chi connectivity index (χ2n) is 2.78. The molecule has 13 heavy (non-hydrogen) atoms. The van der Waals surface area contributed by atoms with Gasteiger partial charge in [0.15, 0.2) is 0 Å². The average molecular weight is 216 g/mol. The number of halogens is 2. The normalized spacial score (nSPS) is 11.0. The fraction of sp³-hybridized carbons (Fsp3) is 0.125. The van der Waals surface area contributed by atoms with Gasteiger partial charge in [-0.1, -0.05) is 23.2 Å². The molecule has 0 atom stereocenters. The van der Waals surface area contributed by atoms with Crippen LogP contribution in [0.25, 0.3) is 11.0 Å². The van der Waals surface area contributed by atoms with E-state index < -0.39 is 0 Å². The number of benzene rings is 1. The van der Waals surface area contributed by atoms with E-state index in [9.17, 15) is 0 Å².